The molecule has 0 heterocycles. The van der Waals surface area contributed by atoms with Crippen LogP contribution < -0.4 is 5.32 Å². The minimum Gasteiger partial charge on any atom is -0.499 e. The highest BCUT2D eigenvalue weighted by molar-refractivity contribution is 14.1. The number of unbranched alkanes of at least 4 members (excludes halogenated alkanes) is 1. The Bertz CT molecular complexity index is 576. The molecule has 0 amide bonds. The van der Waals surface area contributed by atoms with Gasteiger partial charge in [0.25, 0.3) is 0 Å². The molecule has 0 radical (unpaired) electrons. The Morgan fingerprint density at radius 1 is 0.970 bits per heavy atom. The number of halogens is 1. The quantitative estimate of drug-likeness (QED) is 0.0622. The molecule has 0 saturated carbocycles. The highest BCUT2D eigenvalue weighted by Gasteiger charge is 2.30. The molecule has 0 spiro atoms. The molecule has 0 aromatic rings. The number of allylic oxidation sites excluding steroid dienone is 2. The van der Waals surface area contributed by atoms with Gasteiger partial charge in [-0.3, -0.25) is 0 Å². The molecule has 0 saturated heterocycles. The Hall–Kier alpha value is -0.570. The molecule has 0 aromatic carbocycles. The molecule has 0 aliphatic rings. The van der Waals surface area contributed by atoms with Crippen molar-refractivity contribution >= 4 is 23.0 Å². The molecule has 1 unspecified atom stereocenters. The lowest BCUT2D eigenvalue weighted by Gasteiger charge is -2.36. The third kappa shape index (κ3) is 16.7. The Morgan fingerprint density at radius 2 is 1.64 bits per heavy atom. The largest absolute Gasteiger partial charge is 0.499 e. The SMILES string of the molecule is C=C(CCOCC(CCCCC(=C)OCC)(COCCC(C)(C)CC)NC/C(C)=C/C)OI. The zero-order valence-corrected chi connectivity index (χ0v) is 24.4. The van der Waals surface area contributed by atoms with E-state index in [2.05, 4.69) is 59.2 Å². The fourth-order valence-electron chi connectivity index (χ4n) is 3.15. The lowest BCUT2D eigenvalue weighted by atomic mass is 9.87. The van der Waals surface area contributed by atoms with Crippen LogP contribution in [0.1, 0.15) is 86.5 Å². The van der Waals surface area contributed by atoms with Gasteiger partial charge in [0.2, 0.25) is 0 Å². The zero-order valence-electron chi connectivity index (χ0n) is 22.2. The van der Waals surface area contributed by atoms with Crippen molar-refractivity contribution in [2.75, 3.05) is 39.6 Å². The molecule has 0 aliphatic heterocycles. The van der Waals surface area contributed by atoms with Crippen LogP contribution in [-0.2, 0) is 17.3 Å². The van der Waals surface area contributed by atoms with Gasteiger partial charge in [-0.1, -0.05) is 58.4 Å². The van der Waals surface area contributed by atoms with Gasteiger partial charge in [-0.15, -0.1) is 0 Å². The average molecular weight is 580 g/mol. The molecule has 194 valence electrons. The summed E-state index contributed by atoms with van der Waals surface area (Å²) in [7, 11) is 0. The van der Waals surface area contributed by atoms with Gasteiger partial charge < -0.3 is 22.6 Å². The number of ether oxygens (including phenoxy) is 3. The summed E-state index contributed by atoms with van der Waals surface area (Å²) >= 11 is 1.86. The Labute approximate surface area is 218 Å². The summed E-state index contributed by atoms with van der Waals surface area (Å²) in [5.74, 6) is 1.60. The first-order valence-electron chi connectivity index (χ1n) is 12.4. The smallest absolute Gasteiger partial charge is 0.192 e. The standard InChI is InChI=1S/C27H50INO4/c1-9-23(4)20-29-27(21-30-18-15-25(6)33-28,16-13-12-14-24(5)32-11-3)22-31-19-17-26(7,8)10-2/h9,29H,5-6,10-22H2,1-4,7-8H3/b23-9+. The van der Waals surface area contributed by atoms with Gasteiger partial charge in [0.15, 0.2) is 23.0 Å². The highest BCUT2D eigenvalue weighted by Crippen LogP contribution is 2.25. The Balaban J connectivity index is 5.17. The molecular weight excluding hydrogens is 529 g/mol. The molecular formula is C27H50INO4. The number of nitrogens with one attached hydrogen (secondary N) is 1. The van der Waals surface area contributed by atoms with E-state index >= 15 is 0 Å². The second-order valence-electron chi connectivity index (χ2n) is 9.69. The van der Waals surface area contributed by atoms with E-state index in [4.69, 9.17) is 17.3 Å². The van der Waals surface area contributed by atoms with Crippen LogP contribution in [-0.4, -0.2) is 45.1 Å². The maximum absolute atomic E-state index is 6.27. The van der Waals surface area contributed by atoms with Gasteiger partial charge in [-0.2, -0.15) is 0 Å². The average Bonchev–Trinajstić information content (AvgIpc) is 2.80. The van der Waals surface area contributed by atoms with Crippen molar-refractivity contribution in [2.45, 2.75) is 92.0 Å². The number of rotatable bonds is 22. The van der Waals surface area contributed by atoms with Gasteiger partial charge >= 0.3 is 0 Å². The predicted octanol–water partition coefficient (Wildman–Crippen LogP) is 7.52. The summed E-state index contributed by atoms with van der Waals surface area (Å²) < 4.78 is 23.1. The second kappa shape index (κ2) is 18.7. The van der Waals surface area contributed by atoms with Gasteiger partial charge in [0.05, 0.1) is 37.7 Å². The van der Waals surface area contributed by atoms with Crippen molar-refractivity contribution in [2.24, 2.45) is 5.41 Å². The molecule has 33 heavy (non-hydrogen) atoms. The van der Waals surface area contributed by atoms with E-state index in [1.807, 2.05) is 29.9 Å². The van der Waals surface area contributed by atoms with Crippen LogP contribution in [0, 0.1) is 5.41 Å². The van der Waals surface area contributed by atoms with Crippen LogP contribution >= 0.6 is 23.0 Å². The lowest BCUT2D eigenvalue weighted by molar-refractivity contribution is -0.00512. The van der Waals surface area contributed by atoms with Crippen LogP contribution in [0.4, 0.5) is 0 Å². The van der Waals surface area contributed by atoms with Gasteiger partial charge in [0.1, 0.15) is 5.76 Å². The summed E-state index contributed by atoms with van der Waals surface area (Å²) in [5.41, 5.74) is 1.36. The van der Waals surface area contributed by atoms with Crippen molar-refractivity contribution in [1.29, 1.82) is 0 Å². The zero-order chi connectivity index (χ0) is 25.2. The fraction of sp³-hybridized carbons (Fsp3) is 0.778. The number of hydrogen-bond acceptors (Lipinski definition) is 5. The van der Waals surface area contributed by atoms with E-state index in [-0.39, 0.29) is 5.54 Å². The van der Waals surface area contributed by atoms with Crippen molar-refractivity contribution in [3.05, 3.63) is 36.3 Å². The highest BCUT2D eigenvalue weighted by atomic mass is 127. The van der Waals surface area contributed by atoms with Crippen LogP contribution in [0.5, 0.6) is 0 Å². The molecule has 0 bridgehead atoms. The second-order valence-corrected chi connectivity index (χ2v) is 10.1. The van der Waals surface area contributed by atoms with Crippen LogP contribution in [0.15, 0.2) is 36.3 Å². The van der Waals surface area contributed by atoms with Crippen molar-refractivity contribution < 1.29 is 17.3 Å². The van der Waals surface area contributed by atoms with E-state index in [1.54, 1.807) is 0 Å². The van der Waals surface area contributed by atoms with Crippen LogP contribution in [0.2, 0.25) is 0 Å². The van der Waals surface area contributed by atoms with E-state index in [9.17, 15) is 0 Å². The first-order chi connectivity index (χ1) is 15.6. The lowest BCUT2D eigenvalue weighted by Crippen LogP contribution is -2.53. The van der Waals surface area contributed by atoms with Crippen LogP contribution in [0.25, 0.3) is 0 Å². The van der Waals surface area contributed by atoms with Crippen LogP contribution in [0.3, 0.4) is 0 Å². The van der Waals surface area contributed by atoms with E-state index in [1.165, 1.54) is 5.57 Å². The molecule has 5 nitrogen and oxygen atoms in total. The van der Waals surface area contributed by atoms with Crippen molar-refractivity contribution in [3.63, 3.8) is 0 Å². The number of hydrogen-bond donors (Lipinski definition) is 1. The minimum absolute atomic E-state index is 0.250. The third-order valence-corrected chi connectivity index (χ3v) is 6.84. The molecule has 1 N–H and O–H groups in total. The Kier molecular flexibility index (Phi) is 18.4. The maximum atomic E-state index is 6.27. The first kappa shape index (κ1) is 32.4. The minimum atomic E-state index is -0.250. The first-order valence-corrected chi connectivity index (χ1v) is 13.3. The Morgan fingerprint density at radius 3 is 2.21 bits per heavy atom. The van der Waals surface area contributed by atoms with E-state index in [0.29, 0.717) is 38.3 Å². The van der Waals surface area contributed by atoms with E-state index < -0.39 is 0 Å². The molecule has 6 heteroatoms. The summed E-state index contributed by atoms with van der Waals surface area (Å²) in [6, 6.07) is 0. The third-order valence-electron chi connectivity index (χ3n) is 6.22. The maximum Gasteiger partial charge on any atom is 0.192 e. The molecule has 0 aromatic heterocycles. The van der Waals surface area contributed by atoms with E-state index in [0.717, 1.165) is 63.2 Å². The predicted molar refractivity (Wildman–Crippen MR) is 149 cm³/mol. The normalized spacial score (nSPS) is 14.1. The van der Waals surface area contributed by atoms with Crippen molar-refractivity contribution in [3.8, 4) is 0 Å². The molecule has 0 fully saturated rings. The van der Waals surface area contributed by atoms with Gasteiger partial charge in [-0.05, 0) is 45.4 Å². The topological polar surface area (TPSA) is 49.0 Å². The molecule has 0 aliphatic carbocycles. The summed E-state index contributed by atoms with van der Waals surface area (Å²) in [6.45, 7) is 25.0. The van der Waals surface area contributed by atoms with Gasteiger partial charge in [0, 0.05) is 26.0 Å². The van der Waals surface area contributed by atoms with Gasteiger partial charge in [-0.25, -0.2) is 0 Å². The summed E-state index contributed by atoms with van der Waals surface area (Å²) in [6.07, 6.45) is 8.97. The summed E-state index contributed by atoms with van der Waals surface area (Å²) in [5, 5.41) is 3.78. The molecule has 1 atom stereocenters. The molecule has 0 rings (SSSR count). The fourth-order valence-corrected chi connectivity index (χ4v) is 3.37. The van der Waals surface area contributed by atoms with Crippen molar-refractivity contribution in [1.82, 2.24) is 5.32 Å². The monoisotopic (exact) mass is 579 g/mol. The summed E-state index contributed by atoms with van der Waals surface area (Å²) in [4.78, 5) is 0.